The number of nitro benzene ring substituents is 1. The molecule has 2 aromatic carbocycles. The third-order valence-corrected chi connectivity index (χ3v) is 6.26. The highest BCUT2D eigenvalue weighted by atomic mass is 16.6. The lowest BCUT2D eigenvalue weighted by Gasteiger charge is -2.28. The second-order valence-corrected chi connectivity index (χ2v) is 8.01. The second kappa shape index (κ2) is 7.85. The number of anilines is 1. The first kappa shape index (κ1) is 22.2. The van der Waals surface area contributed by atoms with Crippen molar-refractivity contribution in [1.82, 2.24) is 5.32 Å². The summed E-state index contributed by atoms with van der Waals surface area (Å²) in [5.74, 6) is -4.93. The summed E-state index contributed by atoms with van der Waals surface area (Å²) in [5, 5.41) is 24.6. The van der Waals surface area contributed by atoms with Crippen molar-refractivity contribution in [2.24, 2.45) is 11.8 Å². The lowest BCUT2D eigenvalue weighted by molar-refractivity contribution is -0.386. The van der Waals surface area contributed by atoms with Crippen molar-refractivity contribution in [1.29, 1.82) is 0 Å². The third kappa shape index (κ3) is 3.20. The summed E-state index contributed by atoms with van der Waals surface area (Å²) in [6, 6.07) is 9.74. The van der Waals surface area contributed by atoms with Crippen molar-refractivity contribution in [3.05, 3.63) is 58.1 Å². The highest BCUT2D eigenvalue weighted by Crippen LogP contribution is 2.51. The Hall–Kier alpha value is -3.99. The molecule has 2 saturated heterocycles. The van der Waals surface area contributed by atoms with Gasteiger partial charge in [-0.1, -0.05) is 18.2 Å². The van der Waals surface area contributed by atoms with Crippen LogP contribution in [0.2, 0.25) is 0 Å². The highest BCUT2D eigenvalue weighted by Gasteiger charge is 2.67. The van der Waals surface area contributed by atoms with E-state index in [-0.39, 0.29) is 11.3 Å². The van der Waals surface area contributed by atoms with Gasteiger partial charge in [0.2, 0.25) is 17.6 Å². The minimum absolute atomic E-state index is 0.180. The molecular weight excluding hydrogens is 434 g/mol. The van der Waals surface area contributed by atoms with Crippen molar-refractivity contribution in [2.45, 2.75) is 18.5 Å². The Morgan fingerprint density at radius 2 is 1.85 bits per heavy atom. The Morgan fingerprint density at radius 1 is 1.18 bits per heavy atom. The van der Waals surface area contributed by atoms with Gasteiger partial charge in [-0.3, -0.25) is 29.8 Å². The van der Waals surface area contributed by atoms with E-state index < -0.39 is 57.6 Å². The van der Waals surface area contributed by atoms with E-state index >= 15 is 0 Å². The molecule has 0 saturated carbocycles. The van der Waals surface area contributed by atoms with Crippen LogP contribution in [0.3, 0.4) is 0 Å². The number of phenols is 1. The molecule has 2 unspecified atom stereocenters. The second-order valence-electron chi connectivity index (χ2n) is 8.01. The van der Waals surface area contributed by atoms with E-state index in [4.69, 9.17) is 9.47 Å². The molecule has 2 fully saturated rings. The van der Waals surface area contributed by atoms with Crippen LogP contribution in [0.15, 0.2) is 42.5 Å². The normalized spacial score (nSPS) is 26.3. The largest absolute Gasteiger partial charge is 0.500 e. The Bertz CT molecular complexity index is 1170. The number of imide groups is 1. The summed E-state index contributed by atoms with van der Waals surface area (Å²) in [6.07, 6.45) is 0. The number of benzene rings is 2. The molecule has 4 rings (SSSR count). The van der Waals surface area contributed by atoms with E-state index in [2.05, 4.69) is 5.32 Å². The number of ether oxygens (including phenoxy) is 2. The summed E-state index contributed by atoms with van der Waals surface area (Å²) in [5.41, 5.74) is -1.66. The van der Waals surface area contributed by atoms with Gasteiger partial charge in [-0.05, 0) is 30.7 Å². The predicted octanol–water partition coefficient (Wildman–Crippen LogP) is 1.69. The Balaban J connectivity index is 1.89. The van der Waals surface area contributed by atoms with Gasteiger partial charge in [-0.2, -0.15) is 0 Å². The molecule has 2 N–H and O–H groups in total. The summed E-state index contributed by atoms with van der Waals surface area (Å²) in [4.78, 5) is 51.5. The number of methoxy groups -OCH3 is 2. The van der Waals surface area contributed by atoms with E-state index in [1.807, 2.05) is 0 Å². The van der Waals surface area contributed by atoms with E-state index in [1.54, 1.807) is 30.3 Å². The van der Waals surface area contributed by atoms with Crippen LogP contribution in [0.1, 0.15) is 18.5 Å². The quantitative estimate of drug-likeness (QED) is 0.297. The van der Waals surface area contributed by atoms with Crippen LogP contribution in [0.4, 0.5) is 11.4 Å². The Kier molecular flexibility index (Phi) is 5.29. The standard InChI is InChI=1S/C22H21N3O8/c1-22(21(29)33-3)16-15(19(27)24(20(16)28)12-7-5-4-6-8-12)17(23-22)11-9-13(25(30)31)18(26)14(10-11)32-2/h4-10,15-17,23,26H,1-3H3/t15?,16?,17-,22-/m1/s1. The molecule has 172 valence electrons. The maximum Gasteiger partial charge on any atom is 0.326 e. The lowest BCUT2D eigenvalue weighted by Crippen LogP contribution is -2.54. The first-order valence-corrected chi connectivity index (χ1v) is 10.00. The number of esters is 1. The zero-order chi connectivity index (χ0) is 24.1. The van der Waals surface area contributed by atoms with Crippen molar-refractivity contribution in [3.8, 4) is 11.5 Å². The van der Waals surface area contributed by atoms with E-state index in [0.717, 1.165) is 11.0 Å². The number of aromatic hydroxyl groups is 1. The number of carbonyl (C=O) groups excluding carboxylic acids is 3. The van der Waals surface area contributed by atoms with Gasteiger partial charge in [0.25, 0.3) is 0 Å². The van der Waals surface area contributed by atoms with Crippen molar-refractivity contribution < 1.29 is 33.9 Å². The number of para-hydroxylation sites is 1. The minimum Gasteiger partial charge on any atom is -0.500 e. The predicted molar refractivity (Wildman–Crippen MR) is 114 cm³/mol. The number of phenolic OH excluding ortho intramolecular Hbond substituents is 1. The van der Waals surface area contributed by atoms with Gasteiger partial charge in [-0.15, -0.1) is 0 Å². The molecule has 2 heterocycles. The first-order valence-electron chi connectivity index (χ1n) is 10.00. The maximum atomic E-state index is 13.5. The zero-order valence-electron chi connectivity index (χ0n) is 18.0. The summed E-state index contributed by atoms with van der Waals surface area (Å²) in [7, 11) is 2.40. The monoisotopic (exact) mass is 455 g/mol. The van der Waals surface area contributed by atoms with Crippen LogP contribution in [-0.4, -0.2) is 47.6 Å². The number of fused-ring (bicyclic) bond motifs is 1. The lowest BCUT2D eigenvalue weighted by atomic mass is 9.80. The molecule has 0 bridgehead atoms. The van der Waals surface area contributed by atoms with E-state index in [1.165, 1.54) is 27.2 Å². The van der Waals surface area contributed by atoms with Gasteiger partial charge in [-0.25, -0.2) is 4.90 Å². The molecule has 2 aliphatic rings. The molecule has 11 nitrogen and oxygen atoms in total. The minimum atomic E-state index is -1.58. The fourth-order valence-corrected chi connectivity index (χ4v) is 4.74. The smallest absolute Gasteiger partial charge is 0.326 e. The van der Waals surface area contributed by atoms with Gasteiger partial charge in [0, 0.05) is 12.1 Å². The van der Waals surface area contributed by atoms with Crippen molar-refractivity contribution in [3.63, 3.8) is 0 Å². The van der Waals surface area contributed by atoms with Crippen molar-refractivity contribution >= 4 is 29.2 Å². The highest BCUT2D eigenvalue weighted by molar-refractivity contribution is 6.24. The summed E-state index contributed by atoms with van der Waals surface area (Å²) in [6.45, 7) is 1.46. The third-order valence-electron chi connectivity index (χ3n) is 6.26. The average Bonchev–Trinajstić information content (AvgIpc) is 3.27. The molecule has 2 aliphatic heterocycles. The topological polar surface area (TPSA) is 148 Å². The van der Waals surface area contributed by atoms with Crippen LogP contribution in [0.25, 0.3) is 0 Å². The number of amides is 2. The number of carbonyl (C=O) groups is 3. The number of nitrogens with zero attached hydrogens (tertiary/aromatic N) is 2. The fourth-order valence-electron chi connectivity index (χ4n) is 4.74. The average molecular weight is 455 g/mol. The zero-order valence-corrected chi connectivity index (χ0v) is 18.0. The molecule has 0 spiro atoms. The number of rotatable bonds is 5. The molecule has 0 radical (unpaired) electrons. The number of nitro groups is 1. The Labute approximate surface area is 188 Å². The van der Waals surface area contributed by atoms with Crippen molar-refractivity contribution in [2.75, 3.05) is 19.1 Å². The van der Waals surface area contributed by atoms with Crippen LogP contribution in [-0.2, 0) is 19.1 Å². The number of nitrogens with one attached hydrogen (secondary N) is 1. The van der Waals surface area contributed by atoms with Crippen LogP contribution in [0, 0.1) is 22.0 Å². The Morgan fingerprint density at radius 3 is 2.42 bits per heavy atom. The van der Waals surface area contributed by atoms with Gasteiger partial charge < -0.3 is 14.6 Å². The fraction of sp³-hybridized carbons (Fsp3) is 0.318. The van der Waals surface area contributed by atoms with E-state index in [0.29, 0.717) is 5.69 Å². The number of hydrogen-bond acceptors (Lipinski definition) is 9. The van der Waals surface area contributed by atoms with Crippen LogP contribution >= 0.6 is 0 Å². The molecule has 0 aromatic heterocycles. The molecule has 33 heavy (non-hydrogen) atoms. The van der Waals surface area contributed by atoms with Gasteiger partial charge in [0.15, 0.2) is 5.75 Å². The van der Waals surface area contributed by atoms with Gasteiger partial charge in [0.05, 0.1) is 36.7 Å². The maximum absolute atomic E-state index is 13.5. The SMILES string of the molecule is COC(=O)[C@]1(C)N[C@H](c2cc(OC)c(O)c([N+](=O)[O-])c2)C2C(=O)N(c3ccccc3)C(=O)C21. The molecular formula is C22H21N3O8. The molecule has 0 aliphatic carbocycles. The number of hydrogen-bond donors (Lipinski definition) is 2. The molecule has 2 amide bonds. The molecule has 2 aromatic rings. The van der Waals surface area contributed by atoms with E-state index in [9.17, 15) is 29.6 Å². The molecule has 4 atom stereocenters. The summed E-state index contributed by atoms with van der Waals surface area (Å²) >= 11 is 0. The first-order chi connectivity index (χ1) is 15.7. The van der Waals surface area contributed by atoms with Gasteiger partial charge >= 0.3 is 11.7 Å². The molecule has 11 heteroatoms. The van der Waals surface area contributed by atoms with Crippen LogP contribution < -0.4 is 15.0 Å². The summed E-state index contributed by atoms with van der Waals surface area (Å²) < 4.78 is 9.99. The van der Waals surface area contributed by atoms with Crippen LogP contribution in [0.5, 0.6) is 11.5 Å². The van der Waals surface area contributed by atoms with Gasteiger partial charge in [0.1, 0.15) is 5.54 Å².